The Kier molecular flexibility index (Phi) is 10.7. The predicted octanol–water partition coefficient (Wildman–Crippen LogP) is 3.13. The van der Waals surface area contributed by atoms with Crippen molar-refractivity contribution < 1.29 is 9.18 Å². The van der Waals surface area contributed by atoms with Crippen LogP contribution in [0.3, 0.4) is 0 Å². The number of hydrogen-bond acceptors (Lipinski definition) is 3. The summed E-state index contributed by atoms with van der Waals surface area (Å²) >= 11 is 0. The van der Waals surface area contributed by atoms with E-state index in [1.54, 1.807) is 12.1 Å². The molecule has 1 heterocycles. The highest BCUT2D eigenvalue weighted by Gasteiger charge is 2.21. The Morgan fingerprint density at radius 2 is 1.93 bits per heavy atom. The molecule has 29 heavy (non-hydrogen) atoms. The Bertz CT molecular complexity index is 669. The van der Waals surface area contributed by atoms with Crippen LogP contribution in [0.4, 0.5) is 10.1 Å². The zero-order valence-corrected chi connectivity index (χ0v) is 20.3. The van der Waals surface area contributed by atoms with E-state index in [1.807, 2.05) is 33.8 Å². The fourth-order valence-electron chi connectivity index (χ4n) is 3.07. The van der Waals surface area contributed by atoms with Gasteiger partial charge in [0.25, 0.3) is 0 Å². The number of amides is 1. The van der Waals surface area contributed by atoms with Crippen molar-refractivity contribution in [2.75, 3.05) is 37.6 Å². The number of hydrogen-bond donors (Lipinski definition) is 3. The van der Waals surface area contributed by atoms with Crippen LogP contribution in [-0.2, 0) is 4.79 Å². The first kappa shape index (κ1) is 25.5. The SMILES string of the molecule is CCNC(=NCCNC(=O)C(C)(C)C)NC1CCN(c2cccc(F)c2)CC1.I. The summed E-state index contributed by atoms with van der Waals surface area (Å²) < 4.78 is 13.4. The molecule has 0 aromatic heterocycles. The lowest BCUT2D eigenvalue weighted by molar-refractivity contribution is -0.128. The summed E-state index contributed by atoms with van der Waals surface area (Å²) in [6, 6.07) is 7.09. The van der Waals surface area contributed by atoms with Gasteiger partial charge >= 0.3 is 0 Å². The van der Waals surface area contributed by atoms with E-state index in [2.05, 4.69) is 25.8 Å². The minimum absolute atomic E-state index is 0. The summed E-state index contributed by atoms with van der Waals surface area (Å²) in [5.74, 6) is 0.611. The van der Waals surface area contributed by atoms with Crippen LogP contribution in [-0.4, -0.2) is 50.6 Å². The molecule has 8 heteroatoms. The van der Waals surface area contributed by atoms with Crippen LogP contribution in [0.25, 0.3) is 0 Å². The van der Waals surface area contributed by atoms with Crippen LogP contribution in [0.1, 0.15) is 40.5 Å². The molecule has 1 aromatic rings. The second-order valence-electron chi connectivity index (χ2n) is 8.15. The summed E-state index contributed by atoms with van der Waals surface area (Å²) in [6.07, 6.45) is 1.92. The van der Waals surface area contributed by atoms with Crippen LogP contribution in [0, 0.1) is 11.2 Å². The smallest absolute Gasteiger partial charge is 0.225 e. The van der Waals surface area contributed by atoms with Crippen LogP contribution in [0.2, 0.25) is 0 Å². The van der Waals surface area contributed by atoms with Gasteiger partial charge in [-0.25, -0.2) is 4.39 Å². The van der Waals surface area contributed by atoms with Gasteiger partial charge in [-0.05, 0) is 38.0 Å². The minimum atomic E-state index is -0.387. The van der Waals surface area contributed by atoms with E-state index < -0.39 is 0 Å². The third kappa shape index (κ3) is 8.76. The van der Waals surface area contributed by atoms with Crippen molar-refractivity contribution in [3.05, 3.63) is 30.1 Å². The number of aliphatic imine (C=N–C) groups is 1. The number of benzene rings is 1. The first-order valence-corrected chi connectivity index (χ1v) is 10.1. The number of rotatable bonds is 6. The van der Waals surface area contributed by atoms with Crippen molar-refractivity contribution >= 4 is 41.5 Å². The predicted molar refractivity (Wildman–Crippen MR) is 129 cm³/mol. The number of guanidine groups is 1. The summed E-state index contributed by atoms with van der Waals surface area (Å²) in [5, 5.41) is 9.66. The third-order valence-electron chi connectivity index (χ3n) is 4.70. The molecular weight excluding hydrogens is 484 g/mol. The molecule has 0 saturated carbocycles. The van der Waals surface area contributed by atoms with Crippen molar-refractivity contribution in [1.82, 2.24) is 16.0 Å². The molecule has 0 atom stereocenters. The van der Waals surface area contributed by atoms with Crippen molar-refractivity contribution in [3.8, 4) is 0 Å². The molecule has 0 aliphatic carbocycles. The molecule has 1 aliphatic rings. The van der Waals surface area contributed by atoms with Gasteiger partial charge in [-0.3, -0.25) is 9.79 Å². The fourth-order valence-corrected chi connectivity index (χ4v) is 3.07. The van der Waals surface area contributed by atoms with Crippen LogP contribution < -0.4 is 20.9 Å². The molecule has 1 fully saturated rings. The standard InChI is InChI=1S/C21H34FN5O.HI/c1-5-23-20(25-12-11-24-19(28)21(2,3)4)26-17-9-13-27(14-10-17)18-8-6-7-16(22)15-18;/h6-8,15,17H,5,9-14H2,1-4H3,(H,24,28)(H2,23,25,26);1H. The van der Waals surface area contributed by atoms with E-state index in [0.717, 1.165) is 44.1 Å². The zero-order chi connectivity index (χ0) is 20.6. The molecule has 0 spiro atoms. The van der Waals surface area contributed by atoms with E-state index in [0.29, 0.717) is 19.1 Å². The Morgan fingerprint density at radius 1 is 1.24 bits per heavy atom. The zero-order valence-electron chi connectivity index (χ0n) is 17.9. The molecule has 3 N–H and O–H groups in total. The first-order valence-electron chi connectivity index (χ1n) is 10.1. The minimum Gasteiger partial charge on any atom is -0.371 e. The molecule has 0 bridgehead atoms. The number of carbonyl (C=O) groups excluding carboxylic acids is 1. The Balaban J connectivity index is 0.00000420. The average Bonchev–Trinajstić information content (AvgIpc) is 2.65. The maximum atomic E-state index is 13.4. The van der Waals surface area contributed by atoms with Gasteiger partial charge in [-0.2, -0.15) is 0 Å². The number of anilines is 1. The maximum absolute atomic E-state index is 13.4. The monoisotopic (exact) mass is 519 g/mol. The summed E-state index contributed by atoms with van der Waals surface area (Å²) in [4.78, 5) is 18.7. The molecule has 1 aromatic carbocycles. The number of piperidine rings is 1. The van der Waals surface area contributed by atoms with Gasteiger partial charge in [0, 0.05) is 43.3 Å². The molecule has 164 valence electrons. The normalized spacial score (nSPS) is 15.5. The van der Waals surface area contributed by atoms with Crippen molar-refractivity contribution in [2.45, 2.75) is 46.6 Å². The van der Waals surface area contributed by atoms with Crippen LogP contribution in [0.5, 0.6) is 0 Å². The van der Waals surface area contributed by atoms with Gasteiger partial charge in [0.1, 0.15) is 5.82 Å². The van der Waals surface area contributed by atoms with Gasteiger partial charge in [0.2, 0.25) is 5.91 Å². The number of carbonyl (C=O) groups is 1. The topological polar surface area (TPSA) is 68.8 Å². The second-order valence-corrected chi connectivity index (χ2v) is 8.15. The van der Waals surface area contributed by atoms with Gasteiger partial charge in [0.15, 0.2) is 5.96 Å². The average molecular weight is 519 g/mol. The van der Waals surface area contributed by atoms with Crippen molar-refractivity contribution in [2.24, 2.45) is 10.4 Å². The molecule has 2 rings (SSSR count). The summed E-state index contributed by atoms with van der Waals surface area (Å²) in [5.41, 5.74) is 0.552. The van der Waals surface area contributed by atoms with Gasteiger partial charge in [-0.1, -0.05) is 26.8 Å². The molecular formula is C21H35FIN5O. The lowest BCUT2D eigenvalue weighted by Gasteiger charge is -2.34. The first-order chi connectivity index (χ1) is 13.3. The number of halogens is 2. The Morgan fingerprint density at radius 3 is 2.52 bits per heavy atom. The molecule has 6 nitrogen and oxygen atoms in total. The van der Waals surface area contributed by atoms with E-state index in [4.69, 9.17) is 0 Å². The van der Waals surface area contributed by atoms with Gasteiger partial charge in [0.05, 0.1) is 6.54 Å². The maximum Gasteiger partial charge on any atom is 0.225 e. The van der Waals surface area contributed by atoms with Gasteiger partial charge < -0.3 is 20.9 Å². The molecule has 1 amide bonds. The quantitative estimate of drug-likeness (QED) is 0.234. The molecule has 1 aliphatic heterocycles. The highest BCUT2D eigenvalue weighted by atomic mass is 127. The van der Waals surface area contributed by atoms with E-state index in [1.165, 1.54) is 6.07 Å². The van der Waals surface area contributed by atoms with Crippen molar-refractivity contribution in [3.63, 3.8) is 0 Å². The van der Waals surface area contributed by atoms with E-state index in [-0.39, 0.29) is 41.1 Å². The summed E-state index contributed by atoms with van der Waals surface area (Å²) in [7, 11) is 0. The molecule has 0 unspecified atom stereocenters. The highest BCUT2D eigenvalue weighted by molar-refractivity contribution is 14.0. The largest absolute Gasteiger partial charge is 0.371 e. The van der Waals surface area contributed by atoms with E-state index in [9.17, 15) is 9.18 Å². The second kappa shape index (κ2) is 12.2. The van der Waals surface area contributed by atoms with E-state index >= 15 is 0 Å². The molecule has 0 radical (unpaired) electrons. The van der Waals surface area contributed by atoms with Crippen LogP contribution in [0.15, 0.2) is 29.3 Å². The Hall–Kier alpha value is -1.58. The third-order valence-corrected chi connectivity index (χ3v) is 4.70. The number of nitrogens with one attached hydrogen (secondary N) is 3. The van der Waals surface area contributed by atoms with Crippen LogP contribution >= 0.6 is 24.0 Å². The lowest BCUT2D eigenvalue weighted by Crippen LogP contribution is -2.49. The highest BCUT2D eigenvalue weighted by Crippen LogP contribution is 2.20. The van der Waals surface area contributed by atoms with Gasteiger partial charge in [-0.15, -0.1) is 24.0 Å². The van der Waals surface area contributed by atoms with Crippen molar-refractivity contribution in [1.29, 1.82) is 0 Å². The number of nitrogens with zero attached hydrogens (tertiary/aromatic N) is 2. The molecule has 1 saturated heterocycles. The Labute approximate surface area is 191 Å². The summed E-state index contributed by atoms with van der Waals surface area (Å²) in [6.45, 7) is 11.3. The lowest BCUT2D eigenvalue weighted by atomic mass is 9.96. The fraction of sp³-hybridized carbons (Fsp3) is 0.619.